The van der Waals surface area contributed by atoms with E-state index in [4.69, 9.17) is 4.74 Å². The molecule has 2 unspecified atom stereocenters. The Morgan fingerprint density at radius 1 is 1.29 bits per heavy atom. The Morgan fingerprint density at radius 3 is 2.53 bits per heavy atom. The molecule has 1 N–H and O–H groups in total. The van der Waals surface area contributed by atoms with Gasteiger partial charge in [-0.1, -0.05) is 27.7 Å². The van der Waals surface area contributed by atoms with Gasteiger partial charge < -0.3 is 10.1 Å². The molecule has 2 atom stereocenters. The predicted molar refractivity (Wildman–Crippen MR) is 73.4 cm³/mol. The molecule has 0 aromatic carbocycles. The van der Waals surface area contributed by atoms with E-state index < -0.39 is 0 Å². The Balaban J connectivity index is 2.55. The van der Waals surface area contributed by atoms with Crippen molar-refractivity contribution in [3.05, 3.63) is 0 Å². The highest BCUT2D eigenvalue weighted by Crippen LogP contribution is 2.26. The van der Waals surface area contributed by atoms with Crippen molar-refractivity contribution in [3.63, 3.8) is 0 Å². The highest BCUT2D eigenvalue weighted by Gasteiger charge is 2.34. The molecule has 3 heteroatoms. The SMILES string of the molecule is CCOCCN1CC(CC)NCC1C(C)(C)C. The fourth-order valence-electron chi connectivity index (χ4n) is 2.58. The van der Waals surface area contributed by atoms with Crippen LogP contribution in [0, 0.1) is 5.41 Å². The van der Waals surface area contributed by atoms with Crippen LogP contribution in [-0.2, 0) is 4.74 Å². The summed E-state index contributed by atoms with van der Waals surface area (Å²) in [6.07, 6.45) is 1.21. The zero-order valence-corrected chi connectivity index (χ0v) is 12.3. The fraction of sp³-hybridized carbons (Fsp3) is 1.00. The van der Waals surface area contributed by atoms with Gasteiger partial charge in [0, 0.05) is 38.3 Å². The summed E-state index contributed by atoms with van der Waals surface area (Å²) >= 11 is 0. The summed E-state index contributed by atoms with van der Waals surface area (Å²) in [4.78, 5) is 2.61. The fourth-order valence-corrected chi connectivity index (χ4v) is 2.58. The van der Waals surface area contributed by atoms with Crippen LogP contribution >= 0.6 is 0 Å². The predicted octanol–water partition coefficient (Wildman–Crippen LogP) is 2.12. The molecule has 0 radical (unpaired) electrons. The third-order valence-corrected chi connectivity index (χ3v) is 3.71. The molecule has 0 amide bonds. The van der Waals surface area contributed by atoms with Crippen LogP contribution < -0.4 is 5.32 Å². The lowest BCUT2D eigenvalue weighted by atomic mass is 9.83. The van der Waals surface area contributed by atoms with Gasteiger partial charge in [-0.15, -0.1) is 0 Å². The van der Waals surface area contributed by atoms with E-state index in [0.29, 0.717) is 17.5 Å². The van der Waals surface area contributed by atoms with Crippen molar-refractivity contribution in [2.45, 2.75) is 53.1 Å². The van der Waals surface area contributed by atoms with Crippen molar-refractivity contribution in [2.75, 3.05) is 32.8 Å². The minimum atomic E-state index is 0.331. The molecule has 102 valence electrons. The van der Waals surface area contributed by atoms with E-state index in [2.05, 4.69) is 44.8 Å². The second kappa shape index (κ2) is 6.72. The summed E-state index contributed by atoms with van der Waals surface area (Å²) in [5.74, 6) is 0. The topological polar surface area (TPSA) is 24.5 Å². The first kappa shape index (κ1) is 14.9. The van der Waals surface area contributed by atoms with Gasteiger partial charge in [-0.05, 0) is 18.8 Å². The molecule has 0 aromatic heterocycles. The molecule has 3 nitrogen and oxygen atoms in total. The van der Waals surface area contributed by atoms with Crippen molar-refractivity contribution in [2.24, 2.45) is 5.41 Å². The highest BCUT2D eigenvalue weighted by atomic mass is 16.5. The molecule has 1 aliphatic heterocycles. The Bertz CT molecular complexity index is 213. The summed E-state index contributed by atoms with van der Waals surface area (Å²) < 4.78 is 5.50. The van der Waals surface area contributed by atoms with E-state index in [9.17, 15) is 0 Å². The molecule has 1 fully saturated rings. The van der Waals surface area contributed by atoms with Crippen molar-refractivity contribution in [3.8, 4) is 0 Å². The number of hydrogen-bond donors (Lipinski definition) is 1. The van der Waals surface area contributed by atoms with Crippen LogP contribution in [0.4, 0.5) is 0 Å². The average molecular weight is 242 g/mol. The normalized spacial score (nSPS) is 27.4. The van der Waals surface area contributed by atoms with Crippen molar-refractivity contribution < 1.29 is 4.74 Å². The Kier molecular flexibility index (Phi) is 5.90. The van der Waals surface area contributed by atoms with Gasteiger partial charge in [0.1, 0.15) is 0 Å². The quantitative estimate of drug-likeness (QED) is 0.747. The number of nitrogens with one attached hydrogen (secondary N) is 1. The maximum Gasteiger partial charge on any atom is 0.0593 e. The molecule has 0 saturated carbocycles. The maximum atomic E-state index is 5.50. The van der Waals surface area contributed by atoms with Crippen LogP contribution in [-0.4, -0.2) is 49.8 Å². The van der Waals surface area contributed by atoms with Crippen LogP contribution in [0.5, 0.6) is 0 Å². The van der Waals surface area contributed by atoms with E-state index in [1.165, 1.54) is 6.42 Å². The molecule has 1 rings (SSSR count). The first-order chi connectivity index (χ1) is 7.99. The van der Waals surface area contributed by atoms with Crippen molar-refractivity contribution in [1.82, 2.24) is 10.2 Å². The van der Waals surface area contributed by atoms with Crippen molar-refractivity contribution >= 4 is 0 Å². The van der Waals surface area contributed by atoms with Gasteiger partial charge in [0.15, 0.2) is 0 Å². The molecule has 0 aromatic rings. The molecular formula is C14H30N2O. The summed E-state index contributed by atoms with van der Waals surface area (Å²) in [5, 5.41) is 3.66. The third kappa shape index (κ3) is 4.57. The average Bonchev–Trinajstić information content (AvgIpc) is 2.28. The standard InChI is InChI=1S/C14H30N2O/c1-6-12-11-16(8-9-17-7-2)13(10-15-12)14(3,4)5/h12-13,15H,6-11H2,1-5H3. The molecule has 0 spiro atoms. The maximum absolute atomic E-state index is 5.50. The first-order valence-electron chi connectivity index (χ1n) is 7.04. The first-order valence-corrected chi connectivity index (χ1v) is 7.04. The third-order valence-electron chi connectivity index (χ3n) is 3.71. The lowest BCUT2D eigenvalue weighted by Crippen LogP contribution is -2.60. The number of piperazine rings is 1. The summed E-state index contributed by atoms with van der Waals surface area (Å²) in [6.45, 7) is 16.3. The lowest BCUT2D eigenvalue weighted by Gasteiger charge is -2.46. The summed E-state index contributed by atoms with van der Waals surface area (Å²) in [7, 11) is 0. The van der Waals surface area contributed by atoms with Crippen molar-refractivity contribution in [1.29, 1.82) is 0 Å². The molecule has 1 saturated heterocycles. The van der Waals surface area contributed by atoms with Gasteiger partial charge in [0.25, 0.3) is 0 Å². The van der Waals surface area contributed by atoms with Crippen LogP contribution in [0.25, 0.3) is 0 Å². The molecule has 17 heavy (non-hydrogen) atoms. The van der Waals surface area contributed by atoms with Gasteiger partial charge in [-0.2, -0.15) is 0 Å². The Labute approximate surface area is 107 Å². The largest absolute Gasteiger partial charge is 0.380 e. The molecular weight excluding hydrogens is 212 g/mol. The number of ether oxygens (including phenoxy) is 1. The summed E-state index contributed by atoms with van der Waals surface area (Å²) in [5.41, 5.74) is 0.331. The number of nitrogens with zero attached hydrogens (tertiary/aromatic N) is 1. The van der Waals surface area contributed by atoms with E-state index in [1.54, 1.807) is 0 Å². The van der Waals surface area contributed by atoms with Crippen LogP contribution in [0.15, 0.2) is 0 Å². The minimum Gasteiger partial charge on any atom is -0.380 e. The monoisotopic (exact) mass is 242 g/mol. The minimum absolute atomic E-state index is 0.331. The van der Waals surface area contributed by atoms with E-state index >= 15 is 0 Å². The van der Waals surface area contributed by atoms with E-state index in [0.717, 1.165) is 32.8 Å². The highest BCUT2D eigenvalue weighted by molar-refractivity contribution is 4.91. The van der Waals surface area contributed by atoms with Gasteiger partial charge in [0.05, 0.1) is 6.61 Å². The van der Waals surface area contributed by atoms with Crippen LogP contribution in [0.1, 0.15) is 41.0 Å². The Morgan fingerprint density at radius 2 is 2.00 bits per heavy atom. The second-order valence-corrected chi connectivity index (χ2v) is 6.09. The van der Waals surface area contributed by atoms with Gasteiger partial charge >= 0.3 is 0 Å². The van der Waals surface area contributed by atoms with Crippen LogP contribution in [0.3, 0.4) is 0 Å². The number of rotatable bonds is 5. The second-order valence-electron chi connectivity index (χ2n) is 6.09. The lowest BCUT2D eigenvalue weighted by molar-refractivity contribution is 0.0267. The van der Waals surface area contributed by atoms with Gasteiger partial charge in [0.2, 0.25) is 0 Å². The van der Waals surface area contributed by atoms with E-state index in [1.807, 2.05) is 0 Å². The Hall–Kier alpha value is -0.120. The van der Waals surface area contributed by atoms with E-state index in [-0.39, 0.29) is 0 Å². The molecule has 0 aliphatic carbocycles. The number of hydrogen-bond acceptors (Lipinski definition) is 3. The zero-order chi connectivity index (χ0) is 12.9. The zero-order valence-electron chi connectivity index (χ0n) is 12.3. The van der Waals surface area contributed by atoms with Gasteiger partial charge in [-0.25, -0.2) is 0 Å². The van der Waals surface area contributed by atoms with Crippen LogP contribution in [0.2, 0.25) is 0 Å². The van der Waals surface area contributed by atoms with Gasteiger partial charge in [-0.3, -0.25) is 4.90 Å². The smallest absolute Gasteiger partial charge is 0.0593 e. The molecule has 1 aliphatic rings. The summed E-state index contributed by atoms with van der Waals surface area (Å²) in [6, 6.07) is 1.26. The molecule has 0 bridgehead atoms. The molecule has 1 heterocycles.